The van der Waals surface area contributed by atoms with Crippen molar-refractivity contribution in [3.63, 3.8) is 0 Å². The van der Waals surface area contributed by atoms with Crippen molar-refractivity contribution in [3.05, 3.63) is 36.4 Å². The fraction of sp³-hybridized carbons (Fsp3) is 0.333. The van der Waals surface area contributed by atoms with Crippen LogP contribution >= 0.6 is 11.8 Å². The van der Waals surface area contributed by atoms with E-state index in [9.17, 15) is 0 Å². The second-order valence-corrected chi connectivity index (χ2v) is 4.40. The van der Waals surface area contributed by atoms with E-state index in [-0.39, 0.29) is 0 Å². The topological polar surface area (TPSA) is 26.0 Å². The summed E-state index contributed by atoms with van der Waals surface area (Å²) >= 11 is 1.83. The Kier molecular flexibility index (Phi) is 4.60. The summed E-state index contributed by atoms with van der Waals surface area (Å²) in [5, 5.41) is 0. The van der Waals surface area contributed by atoms with Gasteiger partial charge in [-0.25, -0.2) is 0 Å². The highest BCUT2D eigenvalue weighted by atomic mass is 32.2. The first-order valence-electron chi connectivity index (χ1n) is 4.84. The van der Waals surface area contributed by atoms with Gasteiger partial charge in [-0.05, 0) is 37.1 Å². The van der Waals surface area contributed by atoms with Gasteiger partial charge in [-0.15, -0.1) is 18.3 Å². The molecular formula is C12H17NS. The van der Waals surface area contributed by atoms with Crippen molar-refractivity contribution in [2.45, 2.75) is 24.7 Å². The highest BCUT2D eigenvalue weighted by Crippen LogP contribution is 2.27. The molecule has 1 nitrogen and oxygen atoms in total. The summed E-state index contributed by atoms with van der Waals surface area (Å²) in [6, 6.07) is 6.19. The third-order valence-electron chi connectivity index (χ3n) is 2.09. The van der Waals surface area contributed by atoms with Gasteiger partial charge in [-0.3, -0.25) is 0 Å². The third kappa shape index (κ3) is 3.11. The first-order valence-corrected chi connectivity index (χ1v) is 5.83. The van der Waals surface area contributed by atoms with E-state index in [2.05, 4.69) is 18.7 Å². The number of benzene rings is 1. The van der Waals surface area contributed by atoms with Gasteiger partial charge in [0.1, 0.15) is 0 Å². The molecule has 1 aromatic rings. The highest BCUT2D eigenvalue weighted by molar-refractivity contribution is 7.99. The molecule has 0 aliphatic heterocycles. The van der Waals surface area contributed by atoms with E-state index in [1.165, 1.54) is 16.9 Å². The van der Waals surface area contributed by atoms with Gasteiger partial charge in [-0.2, -0.15) is 0 Å². The fourth-order valence-corrected chi connectivity index (χ4v) is 2.21. The lowest BCUT2D eigenvalue weighted by Crippen LogP contribution is -1.92. The SMILES string of the molecule is C=CCCCSc1cccc(C)c1N. The first kappa shape index (κ1) is 11.2. The average molecular weight is 207 g/mol. The molecule has 2 N–H and O–H groups in total. The van der Waals surface area contributed by atoms with E-state index < -0.39 is 0 Å². The van der Waals surface area contributed by atoms with E-state index in [0.29, 0.717) is 0 Å². The van der Waals surface area contributed by atoms with Crippen molar-refractivity contribution in [1.82, 2.24) is 0 Å². The molecule has 14 heavy (non-hydrogen) atoms. The molecule has 0 bridgehead atoms. The molecule has 76 valence electrons. The van der Waals surface area contributed by atoms with Crippen molar-refractivity contribution < 1.29 is 0 Å². The smallest absolute Gasteiger partial charge is 0.0481 e. The fourth-order valence-electron chi connectivity index (χ4n) is 1.19. The zero-order valence-corrected chi connectivity index (χ0v) is 9.44. The maximum absolute atomic E-state index is 5.96. The molecule has 2 heteroatoms. The van der Waals surface area contributed by atoms with Crippen LogP contribution in [0.3, 0.4) is 0 Å². The van der Waals surface area contributed by atoms with Crippen molar-refractivity contribution in [3.8, 4) is 0 Å². The van der Waals surface area contributed by atoms with Gasteiger partial charge in [0, 0.05) is 10.6 Å². The van der Waals surface area contributed by atoms with Gasteiger partial charge in [0.05, 0.1) is 0 Å². The Bertz CT molecular complexity index is 307. The van der Waals surface area contributed by atoms with Crippen LogP contribution in [0, 0.1) is 6.92 Å². The molecule has 0 amide bonds. The number of thioether (sulfide) groups is 1. The standard InChI is InChI=1S/C12H17NS/c1-3-4-5-9-14-11-8-6-7-10(2)12(11)13/h3,6-8H,1,4-5,9,13H2,2H3. The number of allylic oxidation sites excluding steroid dienone is 1. The minimum absolute atomic E-state index is 0.927. The normalized spacial score (nSPS) is 10.1. The van der Waals surface area contributed by atoms with Crippen LogP contribution in [0.5, 0.6) is 0 Å². The summed E-state index contributed by atoms with van der Waals surface area (Å²) < 4.78 is 0. The van der Waals surface area contributed by atoms with Crippen molar-refractivity contribution in [2.24, 2.45) is 0 Å². The Balaban J connectivity index is 2.50. The molecule has 0 aliphatic rings. The van der Waals surface area contributed by atoms with E-state index in [4.69, 9.17) is 5.73 Å². The summed E-state index contributed by atoms with van der Waals surface area (Å²) in [7, 11) is 0. The molecular weight excluding hydrogens is 190 g/mol. The van der Waals surface area contributed by atoms with Crippen LogP contribution in [0.25, 0.3) is 0 Å². The molecule has 0 fully saturated rings. The number of hydrogen-bond donors (Lipinski definition) is 1. The quantitative estimate of drug-likeness (QED) is 0.345. The molecule has 0 aliphatic carbocycles. The van der Waals surface area contributed by atoms with Gasteiger partial charge >= 0.3 is 0 Å². The predicted octanol–water partition coefficient (Wildman–Crippen LogP) is 3.64. The van der Waals surface area contributed by atoms with Crippen LogP contribution < -0.4 is 5.73 Å². The molecule has 0 radical (unpaired) electrons. The number of nitrogen functional groups attached to an aromatic ring is 1. The lowest BCUT2D eigenvalue weighted by Gasteiger charge is -2.06. The third-order valence-corrected chi connectivity index (χ3v) is 3.25. The second-order valence-electron chi connectivity index (χ2n) is 3.27. The predicted molar refractivity (Wildman–Crippen MR) is 65.7 cm³/mol. The molecule has 0 unspecified atom stereocenters. The van der Waals surface area contributed by atoms with Crippen LogP contribution in [-0.2, 0) is 0 Å². The number of unbranched alkanes of at least 4 members (excludes halogenated alkanes) is 1. The Morgan fingerprint density at radius 1 is 1.50 bits per heavy atom. The van der Waals surface area contributed by atoms with Gasteiger partial charge in [0.2, 0.25) is 0 Å². The summed E-state index contributed by atoms with van der Waals surface area (Å²) in [6.07, 6.45) is 4.21. The van der Waals surface area contributed by atoms with E-state index >= 15 is 0 Å². The summed E-state index contributed by atoms with van der Waals surface area (Å²) in [5.41, 5.74) is 8.05. The number of aryl methyl sites for hydroxylation is 1. The number of rotatable bonds is 5. The molecule has 0 aromatic heterocycles. The number of para-hydroxylation sites is 1. The maximum Gasteiger partial charge on any atom is 0.0481 e. The molecule has 0 saturated heterocycles. The van der Waals surface area contributed by atoms with Crippen LogP contribution in [0.1, 0.15) is 18.4 Å². The van der Waals surface area contributed by atoms with E-state index in [0.717, 1.165) is 17.9 Å². The van der Waals surface area contributed by atoms with Gasteiger partial charge in [0.25, 0.3) is 0 Å². The van der Waals surface area contributed by atoms with Crippen molar-refractivity contribution in [2.75, 3.05) is 11.5 Å². The second kappa shape index (κ2) is 5.76. The summed E-state index contributed by atoms with van der Waals surface area (Å²) in [4.78, 5) is 1.20. The lowest BCUT2D eigenvalue weighted by molar-refractivity contribution is 0.974. The Morgan fingerprint density at radius 2 is 2.29 bits per heavy atom. The number of anilines is 1. The monoisotopic (exact) mass is 207 g/mol. The van der Waals surface area contributed by atoms with Crippen LogP contribution in [0.2, 0.25) is 0 Å². The zero-order valence-electron chi connectivity index (χ0n) is 8.62. The Hall–Kier alpha value is -0.890. The lowest BCUT2D eigenvalue weighted by atomic mass is 10.2. The van der Waals surface area contributed by atoms with Gasteiger partial charge < -0.3 is 5.73 Å². The highest BCUT2D eigenvalue weighted by Gasteiger charge is 2.00. The average Bonchev–Trinajstić information content (AvgIpc) is 2.19. The van der Waals surface area contributed by atoms with Gasteiger partial charge in [-0.1, -0.05) is 18.2 Å². The van der Waals surface area contributed by atoms with Crippen LogP contribution in [0.15, 0.2) is 35.7 Å². The minimum Gasteiger partial charge on any atom is -0.398 e. The largest absolute Gasteiger partial charge is 0.398 e. The number of hydrogen-bond acceptors (Lipinski definition) is 2. The van der Waals surface area contributed by atoms with Crippen molar-refractivity contribution >= 4 is 17.4 Å². The van der Waals surface area contributed by atoms with Crippen molar-refractivity contribution in [1.29, 1.82) is 0 Å². The van der Waals surface area contributed by atoms with Gasteiger partial charge in [0.15, 0.2) is 0 Å². The molecule has 0 saturated carbocycles. The first-order chi connectivity index (χ1) is 6.75. The Labute approximate surface area is 90.4 Å². The minimum atomic E-state index is 0.927. The van der Waals surface area contributed by atoms with Crippen LogP contribution in [0.4, 0.5) is 5.69 Å². The molecule has 1 rings (SSSR count). The maximum atomic E-state index is 5.96. The van der Waals surface area contributed by atoms with Crippen LogP contribution in [-0.4, -0.2) is 5.75 Å². The summed E-state index contributed by atoms with van der Waals surface area (Å²) in [5.74, 6) is 1.11. The molecule has 1 aromatic carbocycles. The molecule has 0 heterocycles. The number of nitrogens with two attached hydrogens (primary N) is 1. The molecule has 0 spiro atoms. The zero-order chi connectivity index (χ0) is 10.4. The summed E-state index contributed by atoms with van der Waals surface area (Å²) in [6.45, 7) is 5.75. The van der Waals surface area contributed by atoms with E-state index in [1.807, 2.05) is 30.8 Å². The Morgan fingerprint density at radius 3 is 3.00 bits per heavy atom. The van der Waals surface area contributed by atoms with E-state index in [1.54, 1.807) is 0 Å². The molecule has 0 atom stereocenters.